The zero-order chi connectivity index (χ0) is 8.10. The van der Waals surface area contributed by atoms with Crippen LogP contribution in [-0.2, 0) is 6.42 Å². The number of nitrogens with zero attached hydrogens (tertiary/aromatic N) is 2. The number of hydrogen-bond acceptors (Lipinski definition) is 2. The van der Waals surface area contributed by atoms with Gasteiger partial charge in [-0.25, -0.2) is 9.97 Å². The first-order valence-electron chi connectivity index (χ1n) is 3.40. The lowest BCUT2D eigenvalue weighted by Gasteiger charge is -1.98. The van der Waals surface area contributed by atoms with Crippen molar-refractivity contribution in [2.24, 2.45) is 0 Å². The van der Waals surface area contributed by atoms with Gasteiger partial charge in [0.2, 0.25) is 0 Å². The fourth-order valence-electron chi connectivity index (χ4n) is 0.761. The van der Waals surface area contributed by atoms with E-state index in [0.29, 0.717) is 0 Å². The zero-order valence-corrected chi connectivity index (χ0v) is 7.71. The molecule has 0 unspecified atom stereocenters. The van der Waals surface area contributed by atoms with Crippen molar-refractivity contribution >= 4 is 15.9 Å². The Hall–Kier alpha value is -0.700. The van der Waals surface area contributed by atoms with Crippen LogP contribution in [0.15, 0.2) is 29.7 Å². The fourth-order valence-corrected chi connectivity index (χ4v) is 1.18. The number of aryl methyl sites for hydroxylation is 1. The number of allylic oxidation sites excluding steroid dienone is 1. The monoisotopic (exact) mass is 212 g/mol. The highest BCUT2D eigenvalue weighted by atomic mass is 79.9. The van der Waals surface area contributed by atoms with Crippen molar-refractivity contribution in [2.75, 3.05) is 0 Å². The lowest BCUT2D eigenvalue weighted by Crippen LogP contribution is -1.90. The van der Waals surface area contributed by atoms with Crippen LogP contribution < -0.4 is 0 Å². The van der Waals surface area contributed by atoms with Gasteiger partial charge in [0.15, 0.2) is 0 Å². The summed E-state index contributed by atoms with van der Waals surface area (Å²) < 4.78 is 0.974. The molecule has 0 atom stereocenters. The van der Waals surface area contributed by atoms with Crippen molar-refractivity contribution in [3.8, 4) is 0 Å². The van der Waals surface area contributed by atoms with E-state index in [0.717, 1.165) is 23.0 Å². The first kappa shape index (κ1) is 8.40. The highest BCUT2D eigenvalue weighted by Gasteiger charge is 1.97. The summed E-state index contributed by atoms with van der Waals surface area (Å²) >= 11 is 3.37. The number of halogens is 1. The van der Waals surface area contributed by atoms with E-state index in [-0.39, 0.29) is 0 Å². The standard InChI is InChI=1S/C8H9BrN2/c1-2-3-4-8-7(9)5-10-6-11-8/h2,5-6H,1,3-4H2. The van der Waals surface area contributed by atoms with Gasteiger partial charge in [-0.1, -0.05) is 6.08 Å². The van der Waals surface area contributed by atoms with Gasteiger partial charge in [0.05, 0.1) is 10.2 Å². The molecule has 0 N–H and O–H groups in total. The van der Waals surface area contributed by atoms with Crippen LogP contribution in [0.2, 0.25) is 0 Å². The molecule has 11 heavy (non-hydrogen) atoms. The zero-order valence-electron chi connectivity index (χ0n) is 6.13. The molecular weight excluding hydrogens is 204 g/mol. The average Bonchev–Trinajstić information content (AvgIpc) is 2.03. The largest absolute Gasteiger partial charge is 0.244 e. The fraction of sp³-hybridized carbons (Fsp3) is 0.250. The van der Waals surface area contributed by atoms with Gasteiger partial charge in [0, 0.05) is 6.20 Å². The van der Waals surface area contributed by atoms with Crippen LogP contribution in [0, 0.1) is 0 Å². The molecule has 0 aliphatic rings. The summed E-state index contributed by atoms with van der Waals surface area (Å²) in [6.07, 6.45) is 7.07. The molecule has 0 amide bonds. The summed E-state index contributed by atoms with van der Waals surface area (Å²) in [6, 6.07) is 0. The van der Waals surface area contributed by atoms with Gasteiger partial charge in [-0.2, -0.15) is 0 Å². The summed E-state index contributed by atoms with van der Waals surface area (Å²) in [5, 5.41) is 0. The Balaban J connectivity index is 2.69. The van der Waals surface area contributed by atoms with Crippen LogP contribution in [-0.4, -0.2) is 9.97 Å². The molecule has 0 aliphatic heterocycles. The van der Waals surface area contributed by atoms with E-state index >= 15 is 0 Å². The molecular formula is C8H9BrN2. The molecule has 1 heterocycles. The SMILES string of the molecule is C=CCCc1ncncc1Br. The van der Waals surface area contributed by atoms with Crippen LogP contribution in [0.5, 0.6) is 0 Å². The predicted octanol–water partition coefficient (Wildman–Crippen LogP) is 2.36. The normalized spacial score (nSPS) is 9.55. The Morgan fingerprint density at radius 2 is 2.45 bits per heavy atom. The molecule has 1 rings (SSSR count). The van der Waals surface area contributed by atoms with Crippen molar-refractivity contribution in [3.63, 3.8) is 0 Å². The molecule has 2 nitrogen and oxygen atoms in total. The third kappa shape index (κ3) is 2.42. The van der Waals surface area contributed by atoms with Gasteiger partial charge >= 0.3 is 0 Å². The van der Waals surface area contributed by atoms with E-state index in [4.69, 9.17) is 0 Å². The Bertz CT molecular complexity index is 248. The molecule has 0 aromatic carbocycles. The molecule has 0 saturated heterocycles. The molecule has 0 radical (unpaired) electrons. The smallest absolute Gasteiger partial charge is 0.115 e. The molecule has 58 valence electrons. The van der Waals surface area contributed by atoms with E-state index in [1.807, 2.05) is 6.08 Å². The Morgan fingerprint density at radius 1 is 1.64 bits per heavy atom. The Labute approximate surface area is 74.5 Å². The minimum Gasteiger partial charge on any atom is -0.244 e. The molecule has 0 aliphatic carbocycles. The lowest BCUT2D eigenvalue weighted by atomic mass is 10.2. The number of hydrogen-bond donors (Lipinski definition) is 0. The maximum Gasteiger partial charge on any atom is 0.115 e. The highest BCUT2D eigenvalue weighted by molar-refractivity contribution is 9.10. The quantitative estimate of drug-likeness (QED) is 0.720. The molecule has 0 saturated carbocycles. The first-order valence-corrected chi connectivity index (χ1v) is 4.19. The van der Waals surface area contributed by atoms with E-state index < -0.39 is 0 Å². The highest BCUT2D eigenvalue weighted by Crippen LogP contribution is 2.13. The molecule has 3 heteroatoms. The Morgan fingerprint density at radius 3 is 3.09 bits per heavy atom. The number of aromatic nitrogens is 2. The van der Waals surface area contributed by atoms with Crippen molar-refractivity contribution < 1.29 is 0 Å². The van der Waals surface area contributed by atoms with Gasteiger partial charge in [-0.05, 0) is 28.8 Å². The van der Waals surface area contributed by atoms with Gasteiger partial charge < -0.3 is 0 Å². The molecule has 0 bridgehead atoms. The Kier molecular flexibility index (Phi) is 3.23. The van der Waals surface area contributed by atoms with Gasteiger partial charge in [-0.15, -0.1) is 6.58 Å². The van der Waals surface area contributed by atoms with Crippen molar-refractivity contribution in [2.45, 2.75) is 12.8 Å². The average molecular weight is 213 g/mol. The predicted molar refractivity (Wildman–Crippen MR) is 48.3 cm³/mol. The van der Waals surface area contributed by atoms with Crippen molar-refractivity contribution in [1.29, 1.82) is 0 Å². The number of rotatable bonds is 3. The lowest BCUT2D eigenvalue weighted by molar-refractivity contribution is 0.917. The third-order valence-electron chi connectivity index (χ3n) is 1.33. The second-order valence-corrected chi connectivity index (χ2v) is 3.00. The molecule has 0 spiro atoms. The molecule has 0 fully saturated rings. The minimum atomic E-state index is 0.923. The van der Waals surface area contributed by atoms with Crippen LogP contribution in [0.1, 0.15) is 12.1 Å². The van der Waals surface area contributed by atoms with Crippen LogP contribution in [0.3, 0.4) is 0 Å². The maximum atomic E-state index is 4.11. The second-order valence-electron chi connectivity index (χ2n) is 2.14. The summed E-state index contributed by atoms with van der Waals surface area (Å²) in [5.41, 5.74) is 1.04. The second kappa shape index (κ2) is 4.23. The summed E-state index contributed by atoms with van der Waals surface area (Å²) in [5.74, 6) is 0. The summed E-state index contributed by atoms with van der Waals surface area (Å²) in [7, 11) is 0. The van der Waals surface area contributed by atoms with E-state index in [1.165, 1.54) is 0 Å². The first-order chi connectivity index (χ1) is 5.34. The van der Waals surface area contributed by atoms with Crippen molar-refractivity contribution in [1.82, 2.24) is 9.97 Å². The van der Waals surface area contributed by atoms with Crippen LogP contribution >= 0.6 is 15.9 Å². The third-order valence-corrected chi connectivity index (χ3v) is 1.99. The van der Waals surface area contributed by atoms with E-state index in [1.54, 1.807) is 12.5 Å². The summed E-state index contributed by atoms with van der Waals surface area (Å²) in [6.45, 7) is 3.65. The van der Waals surface area contributed by atoms with E-state index in [2.05, 4.69) is 32.5 Å². The molecule has 1 aromatic rings. The van der Waals surface area contributed by atoms with E-state index in [9.17, 15) is 0 Å². The molecule has 1 aromatic heterocycles. The van der Waals surface area contributed by atoms with Gasteiger partial charge in [0.1, 0.15) is 6.33 Å². The summed E-state index contributed by atoms with van der Waals surface area (Å²) in [4.78, 5) is 7.98. The van der Waals surface area contributed by atoms with Gasteiger partial charge in [0.25, 0.3) is 0 Å². The minimum absolute atomic E-state index is 0.923. The van der Waals surface area contributed by atoms with Crippen LogP contribution in [0.25, 0.3) is 0 Å². The maximum absolute atomic E-state index is 4.11. The van der Waals surface area contributed by atoms with Gasteiger partial charge in [-0.3, -0.25) is 0 Å². The van der Waals surface area contributed by atoms with Crippen LogP contribution in [0.4, 0.5) is 0 Å². The topological polar surface area (TPSA) is 25.8 Å². The van der Waals surface area contributed by atoms with Crippen molar-refractivity contribution in [3.05, 3.63) is 35.3 Å².